The molecule has 0 aliphatic carbocycles. The quantitative estimate of drug-likeness (QED) is 0.748. The van der Waals surface area contributed by atoms with Gasteiger partial charge in [0, 0.05) is 13.1 Å². The average molecular weight is 403 g/mol. The Bertz CT molecular complexity index is 917. The van der Waals surface area contributed by atoms with Crippen LogP contribution in [-0.2, 0) is 12.7 Å². The number of halogens is 3. The lowest BCUT2D eigenvalue weighted by Gasteiger charge is -2.48. The van der Waals surface area contributed by atoms with E-state index in [4.69, 9.17) is 10.8 Å². The molecule has 5 nitrogen and oxygen atoms in total. The number of aliphatic imine (C=N–C) groups is 1. The lowest BCUT2D eigenvalue weighted by atomic mass is 9.83. The van der Waals surface area contributed by atoms with Crippen molar-refractivity contribution in [2.75, 3.05) is 30.5 Å². The third kappa shape index (κ3) is 3.82. The number of amidine groups is 1. The first-order chi connectivity index (χ1) is 13.8. The molecule has 2 aliphatic rings. The number of hydrogen-bond donors (Lipinski definition) is 2. The van der Waals surface area contributed by atoms with E-state index in [-0.39, 0.29) is 6.54 Å². The van der Waals surface area contributed by atoms with Gasteiger partial charge in [0.05, 0.1) is 29.0 Å². The van der Waals surface area contributed by atoms with E-state index in [1.165, 1.54) is 6.07 Å². The van der Waals surface area contributed by atoms with E-state index >= 15 is 0 Å². The van der Waals surface area contributed by atoms with Gasteiger partial charge in [-0.05, 0) is 49.7 Å². The number of para-hydroxylation sites is 2. The van der Waals surface area contributed by atoms with Crippen LogP contribution in [0.25, 0.3) is 0 Å². The highest BCUT2D eigenvalue weighted by Crippen LogP contribution is 2.39. The molecule has 0 radical (unpaired) electrons. The molecular weight excluding hydrogens is 379 g/mol. The molecule has 3 N–H and O–H groups in total. The number of likely N-dealkylation sites (tertiary alicyclic amines) is 1. The van der Waals surface area contributed by atoms with Gasteiger partial charge in [-0.25, -0.2) is 5.84 Å². The third-order valence-electron chi connectivity index (χ3n) is 5.70. The highest BCUT2D eigenvalue weighted by molar-refractivity contribution is 6.10. The van der Waals surface area contributed by atoms with Crippen LogP contribution in [0.1, 0.15) is 24.0 Å². The number of benzene rings is 2. The number of rotatable bonds is 2. The number of hydrazine groups is 1. The van der Waals surface area contributed by atoms with Crippen LogP contribution in [0.4, 0.5) is 24.5 Å². The van der Waals surface area contributed by atoms with E-state index in [2.05, 4.69) is 17.3 Å². The standard InChI is InChI=1S/C21H24F3N5/c1-28-11-9-20(10-12-28)19(29(25)18-8-3-2-7-17(18)27-20)26-14-15-5-4-6-16(13-15)21(22,23)24/h2-8,13,27H,9-12,14,25H2,1H3/b26-19+. The second-order valence-corrected chi connectivity index (χ2v) is 7.74. The van der Waals surface area contributed by atoms with Crippen LogP contribution in [0.15, 0.2) is 53.5 Å². The zero-order valence-corrected chi connectivity index (χ0v) is 16.2. The van der Waals surface area contributed by atoms with Gasteiger partial charge in [0.25, 0.3) is 0 Å². The smallest absolute Gasteiger partial charge is 0.371 e. The summed E-state index contributed by atoms with van der Waals surface area (Å²) in [7, 11) is 2.07. The van der Waals surface area contributed by atoms with Crippen LogP contribution in [0.3, 0.4) is 0 Å². The first kappa shape index (κ1) is 19.7. The zero-order chi connectivity index (χ0) is 20.6. The molecule has 1 saturated heterocycles. The maximum atomic E-state index is 13.0. The van der Waals surface area contributed by atoms with Crippen LogP contribution in [0, 0.1) is 0 Å². The van der Waals surface area contributed by atoms with Crippen molar-refractivity contribution >= 4 is 17.2 Å². The van der Waals surface area contributed by atoms with Crippen molar-refractivity contribution in [3.8, 4) is 0 Å². The van der Waals surface area contributed by atoms with Crippen LogP contribution in [0.5, 0.6) is 0 Å². The molecule has 2 heterocycles. The second kappa shape index (κ2) is 7.35. The fourth-order valence-electron chi connectivity index (χ4n) is 4.04. The van der Waals surface area contributed by atoms with Crippen molar-refractivity contribution in [1.29, 1.82) is 0 Å². The third-order valence-corrected chi connectivity index (χ3v) is 5.70. The minimum Gasteiger partial charge on any atom is -0.371 e. The first-order valence-electron chi connectivity index (χ1n) is 9.60. The lowest BCUT2D eigenvalue weighted by molar-refractivity contribution is -0.137. The molecule has 0 unspecified atom stereocenters. The molecule has 0 amide bonds. The number of alkyl halides is 3. The normalized spacial score (nSPS) is 20.6. The van der Waals surface area contributed by atoms with Gasteiger partial charge in [-0.3, -0.25) is 10.0 Å². The summed E-state index contributed by atoms with van der Waals surface area (Å²) in [6.45, 7) is 1.89. The molecular formula is C21H24F3N5. The van der Waals surface area contributed by atoms with E-state index in [9.17, 15) is 13.2 Å². The average Bonchev–Trinajstić information content (AvgIpc) is 2.70. The fraction of sp³-hybridized carbons (Fsp3) is 0.381. The first-order valence-corrected chi connectivity index (χ1v) is 9.60. The number of nitrogens with zero attached hydrogens (tertiary/aromatic N) is 3. The molecule has 2 aliphatic heterocycles. The summed E-state index contributed by atoms with van der Waals surface area (Å²) < 4.78 is 39.1. The van der Waals surface area contributed by atoms with Gasteiger partial charge in [-0.1, -0.05) is 24.3 Å². The Labute approximate surface area is 168 Å². The van der Waals surface area contributed by atoms with E-state index in [0.29, 0.717) is 11.4 Å². The van der Waals surface area contributed by atoms with Crippen LogP contribution < -0.4 is 16.2 Å². The SMILES string of the molecule is CN1CCC2(CC1)Nc1ccccc1N(N)/C2=N/Cc1cccc(C(F)(F)F)c1. The van der Waals surface area contributed by atoms with Crippen LogP contribution in [0.2, 0.25) is 0 Å². The maximum absolute atomic E-state index is 13.0. The maximum Gasteiger partial charge on any atom is 0.416 e. The molecule has 1 spiro atoms. The minimum atomic E-state index is -4.37. The summed E-state index contributed by atoms with van der Waals surface area (Å²) in [5.74, 6) is 7.13. The Balaban J connectivity index is 1.69. The van der Waals surface area contributed by atoms with E-state index in [1.807, 2.05) is 24.3 Å². The fourth-order valence-corrected chi connectivity index (χ4v) is 4.04. The van der Waals surface area contributed by atoms with Gasteiger partial charge >= 0.3 is 6.18 Å². The van der Waals surface area contributed by atoms with Crippen molar-refractivity contribution in [3.63, 3.8) is 0 Å². The molecule has 2 aromatic rings. The largest absolute Gasteiger partial charge is 0.416 e. The van der Waals surface area contributed by atoms with Crippen molar-refractivity contribution in [2.24, 2.45) is 10.8 Å². The molecule has 0 atom stereocenters. The number of piperidine rings is 1. The van der Waals surface area contributed by atoms with Gasteiger partial charge in [-0.2, -0.15) is 13.2 Å². The number of nitrogens with two attached hydrogens (primary N) is 1. The monoisotopic (exact) mass is 403 g/mol. The molecule has 0 aromatic heterocycles. The predicted molar refractivity (Wildman–Crippen MR) is 109 cm³/mol. The summed E-state index contributed by atoms with van der Waals surface area (Å²) in [4.78, 5) is 6.98. The van der Waals surface area contributed by atoms with Gasteiger partial charge in [0.15, 0.2) is 0 Å². The molecule has 0 bridgehead atoms. The Morgan fingerprint density at radius 2 is 1.83 bits per heavy atom. The van der Waals surface area contributed by atoms with Gasteiger partial charge in [0.1, 0.15) is 5.84 Å². The number of nitrogens with one attached hydrogen (secondary N) is 1. The summed E-state index contributed by atoms with van der Waals surface area (Å²) in [6, 6.07) is 13.0. The number of anilines is 2. The lowest BCUT2D eigenvalue weighted by Crippen LogP contribution is -2.63. The van der Waals surface area contributed by atoms with E-state index in [1.54, 1.807) is 11.1 Å². The zero-order valence-electron chi connectivity index (χ0n) is 16.2. The summed E-state index contributed by atoms with van der Waals surface area (Å²) in [6.07, 6.45) is -2.75. The second-order valence-electron chi connectivity index (χ2n) is 7.74. The Kier molecular flexibility index (Phi) is 5.00. The molecule has 1 fully saturated rings. The Morgan fingerprint density at radius 3 is 2.55 bits per heavy atom. The van der Waals surface area contributed by atoms with Gasteiger partial charge < -0.3 is 10.2 Å². The Hall–Kier alpha value is -2.58. The van der Waals surface area contributed by atoms with E-state index < -0.39 is 17.3 Å². The van der Waals surface area contributed by atoms with Crippen molar-refractivity contribution < 1.29 is 13.2 Å². The highest BCUT2D eigenvalue weighted by atomic mass is 19.4. The number of fused-ring (bicyclic) bond motifs is 1. The predicted octanol–water partition coefficient (Wildman–Crippen LogP) is 3.87. The van der Waals surface area contributed by atoms with Crippen molar-refractivity contribution in [2.45, 2.75) is 31.1 Å². The minimum absolute atomic E-state index is 0.133. The van der Waals surface area contributed by atoms with Gasteiger partial charge in [-0.15, -0.1) is 0 Å². The molecule has 8 heteroatoms. The van der Waals surface area contributed by atoms with Gasteiger partial charge in [0.2, 0.25) is 0 Å². The summed E-state index contributed by atoms with van der Waals surface area (Å²) in [5, 5.41) is 5.21. The molecule has 0 saturated carbocycles. The van der Waals surface area contributed by atoms with Crippen LogP contribution in [-0.4, -0.2) is 36.4 Å². The molecule has 154 valence electrons. The topological polar surface area (TPSA) is 56.9 Å². The highest BCUT2D eigenvalue weighted by Gasteiger charge is 2.44. The summed E-state index contributed by atoms with van der Waals surface area (Å²) >= 11 is 0. The Morgan fingerprint density at radius 1 is 1.10 bits per heavy atom. The summed E-state index contributed by atoms with van der Waals surface area (Å²) in [5.41, 5.74) is 1.15. The van der Waals surface area contributed by atoms with Crippen molar-refractivity contribution in [1.82, 2.24) is 4.90 Å². The van der Waals surface area contributed by atoms with Crippen molar-refractivity contribution in [3.05, 3.63) is 59.7 Å². The van der Waals surface area contributed by atoms with E-state index in [0.717, 1.165) is 49.4 Å². The number of hydrogen-bond acceptors (Lipinski definition) is 4. The van der Waals surface area contributed by atoms with Crippen LogP contribution >= 0.6 is 0 Å². The molecule has 4 rings (SSSR count). The molecule has 2 aromatic carbocycles. The molecule has 29 heavy (non-hydrogen) atoms.